The fourth-order valence-electron chi connectivity index (χ4n) is 4.51. The number of piperazine rings is 1. The molecule has 0 bridgehead atoms. The summed E-state index contributed by atoms with van der Waals surface area (Å²) in [5.74, 6) is 0.881. The topological polar surface area (TPSA) is 45.2 Å². The van der Waals surface area contributed by atoms with E-state index in [1.807, 2.05) is 29.2 Å². The molecule has 3 fully saturated rings. The van der Waals surface area contributed by atoms with Gasteiger partial charge >= 0.3 is 0 Å². The van der Waals surface area contributed by atoms with Crippen molar-refractivity contribution in [3.05, 3.63) is 29.8 Å². The van der Waals surface area contributed by atoms with E-state index in [1.165, 1.54) is 0 Å². The smallest absolute Gasteiger partial charge is 0.253 e. The highest BCUT2D eigenvalue weighted by Gasteiger charge is 2.53. The Bertz CT molecular complexity index is 612. The van der Waals surface area contributed by atoms with E-state index in [0.29, 0.717) is 6.04 Å². The number of fused-ring (bicyclic) bond motifs is 2. The first-order valence-electron chi connectivity index (χ1n) is 8.58. The Balaban J connectivity index is 1.55. The maximum Gasteiger partial charge on any atom is 0.253 e. The van der Waals surface area contributed by atoms with Crippen molar-refractivity contribution < 1.29 is 14.3 Å². The second-order valence-electron chi connectivity index (χ2n) is 7.23. The molecule has 1 unspecified atom stereocenters. The summed E-state index contributed by atoms with van der Waals surface area (Å²) in [6.07, 6.45) is 0. The minimum atomic E-state index is 0.101. The Kier molecular flexibility index (Phi) is 3.98. The highest BCUT2D eigenvalue weighted by atomic mass is 16.5. The molecule has 3 saturated heterocycles. The molecule has 3 heterocycles. The number of morpholine rings is 1. The van der Waals surface area contributed by atoms with Crippen molar-refractivity contribution in [2.45, 2.75) is 11.6 Å². The van der Waals surface area contributed by atoms with E-state index in [0.717, 1.165) is 57.3 Å². The summed E-state index contributed by atoms with van der Waals surface area (Å²) < 4.78 is 10.9. The maximum atomic E-state index is 13.0. The Labute approximate surface area is 142 Å². The van der Waals surface area contributed by atoms with Gasteiger partial charge in [-0.1, -0.05) is 0 Å². The molecule has 3 aliphatic heterocycles. The van der Waals surface area contributed by atoms with Crippen LogP contribution in [0.25, 0.3) is 0 Å². The van der Waals surface area contributed by atoms with Crippen LogP contribution >= 0.6 is 0 Å². The van der Waals surface area contributed by atoms with E-state index < -0.39 is 0 Å². The van der Waals surface area contributed by atoms with Gasteiger partial charge in [-0.25, -0.2) is 0 Å². The Morgan fingerprint density at radius 2 is 2.00 bits per heavy atom. The molecule has 6 nitrogen and oxygen atoms in total. The summed E-state index contributed by atoms with van der Waals surface area (Å²) >= 11 is 0. The molecule has 1 spiro atoms. The fraction of sp³-hybridized carbons (Fsp3) is 0.611. The van der Waals surface area contributed by atoms with Gasteiger partial charge in [0.1, 0.15) is 5.75 Å². The third kappa shape index (κ3) is 2.59. The van der Waals surface area contributed by atoms with Crippen LogP contribution in [0.15, 0.2) is 24.3 Å². The number of nitrogens with zero attached hydrogens (tertiary/aromatic N) is 3. The first-order chi connectivity index (χ1) is 11.6. The molecule has 1 aromatic rings. The predicted octanol–water partition coefficient (Wildman–Crippen LogP) is 0.536. The first-order valence-corrected chi connectivity index (χ1v) is 8.58. The summed E-state index contributed by atoms with van der Waals surface area (Å²) in [5.41, 5.74) is 0.827. The van der Waals surface area contributed by atoms with E-state index in [2.05, 4.69) is 16.8 Å². The van der Waals surface area contributed by atoms with Gasteiger partial charge in [0.25, 0.3) is 5.91 Å². The molecule has 0 aromatic heterocycles. The van der Waals surface area contributed by atoms with Gasteiger partial charge in [-0.2, -0.15) is 0 Å². The van der Waals surface area contributed by atoms with E-state index in [9.17, 15) is 4.79 Å². The summed E-state index contributed by atoms with van der Waals surface area (Å²) in [7, 11) is 3.78. The SMILES string of the molecule is COc1ccc(C(=O)N2CC3COCCN3C3(CN(C)C3)C2)cc1. The normalized spacial score (nSPS) is 26.8. The van der Waals surface area contributed by atoms with Crippen LogP contribution in [0.5, 0.6) is 5.75 Å². The third-order valence-corrected chi connectivity index (χ3v) is 5.51. The highest BCUT2D eigenvalue weighted by Crippen LogP contribution is 2.35. The molecule has 1 aromatic carbocycles. The zero-order chi connectivity index (χ0) is 16.7. The molecule has 6 heteroatoms. The summed E-state index contributed by atoms with van der Waals surface area (Å²) in [6.45, 7) is 6.09. The molecule has 3 aliphatic rings. The van der Waals surface area contributed by atoms with Gasteiger partial charge < -0.3 is 19.3 Å². The van der Waals surface area contributed by atoms with E-state index in [1.54, 1.807) is 7.11 Å². The number of carbonyl (C=O) groups excluding carboxylic acids is 1. The van der Waals surface area contributed by atoms with Crippen LogP contribution in [0, 0.1) is 0 Å². The van der Waals surface area contributed by atoms with Crippen molar-refractivity contribution in [1.29, 1.82) is 0 Å². The molecule has 0 N–H and O–H groups in total. The molecule has 0 radical (unpaired) electrons. The Morgan fingerprint density at radius 3 is 2.67 bits per heavy atom. The monoisotopic (exact) mass is 331 g/mol. The lowest BCUT2D eigenvalue weighted by molar-refractivity contribution is -0.153. The standard InChI is InChI=1S/C18H25N3O3/c1-19-11-18(12-19)13-20(9-15-10-24-8-7-21(15)18)17(22)14-3-5-16(23-2)6-4-14/h3-6,15H,7-13H2,1-2H3. The van der Waals surface area contributed by atoms with Gasteiger partial charge in [0.05, 0.1) is 31.9 Å². The van der Waals surface area contributed by atoms with Crippen molar-refractivity contribution in [2.75, 3.05) is 60.1 Å². The van der Waals surface area contributed by atoms with E-state index >= 15 is 0 Å². The minimum absolute atomic E-state index is 0.101. The lowest BCUT2D eigenvalue weighted by Crippen LogP contribution is -2.80. The molecule has 0 saturated carbocycles. The van der Waals surface area contributed by atoms with Gasteiger partial charge in [0.15, 0.2) is 0 Å². The quantitative estimate of drug-likeness (QED) is 0.791. The second-order valence-corrected chi connectivity index (χ2v) is 7.23. The molecule has 130 valence electrons. The number of likely N-dealkylation sites (N-methyl/N-ethyl adjacent to an activating group) is 1. The minimum Gasteiger partial charge on any atom is -0.497 e. The van der Waals surface area contributed by atoms with Crippen LogP contribution in [-0.4, -0.2) is 92.3 Å². The molecule has 1 atom stereocenters. The second kappa shape index (κ2) is 6.02. The maximum absolute atomic E-state index is 13.0. The van der Waals surface area contributed by atoms with Crippen LogP contribution in [0.4, 0.5) is 0 Å². The van der Waals surface area contributed by atoms with Gasteiger partial charge in [-0.15, -0.1) is 0 Å². The molecular weight excluding hydrogens is 306 g/mol. The number of ether oxygens (including phenoxy) is 2. The summed E-state index contributed by atoms with van der Waals surface area (Å²) in [6, 6.07) is 7.71. The van der Waals surface area contributed by atoms with Gasteiger partial charge in [0.2, 0.25) is 0 Å². The van der Waals surface area contributed by atoms with Crippen molar-refractivity contribution in [2.24, 2.45) is 0 Å². The van der Waals surface area contributed by atoms with Crippen molar-refractivity contribution in [3.63, 3.8) is 0 Å². The largest absolute Gasteiger partial charge is 0.497 e. The van der Waals surface area contributed by atoms with Gasteiger partial charge in [-0.05, 0) is 31.3 Å². The number of amides is 1. The average molecular weight is 331 g/mol. The summed E-state index contributed by atoms with van der Waals surface area (Å²) in [5, 5.41) is 0. The fourth-order valence-corrected chi connectivity index (χ4v) is 4.51. The van der Waals surface area contributed by atoms with E-state index in [4.69, 9.17) is 9.47 Å². The van der Waals surface area contributed by atoms with Crippen molar-refractivity contribution >= 4 is 5.91 Å². The van der Waals surface area contributed by atoms with Crippen molar-refractivity contribution in [1.82, 2.24) is 14.7 Å². The number of benzene rings is 1. The van der Waals surface area contributed by atoms with Crippen LogP contribution in [0.2, 0.25) is 0 Å². The molecule has 24 heavy (non-hydrogen) atoms. The first kappa shape index (κ1) is 15.9. The zero-order valence-electron chi connectivity index (χ0n) is 14.4. The van der Waals surface area contributed by atoms with E-state index in [-0.39, 0.29) is 11.4 Å². The lowest BCUT2D eigenvalue weighted by Gasteiger charge is -2.62. The molecule has 0 aliphatic carbocycles. The number of carbonyl (C=O) groups is 1. The third-order valence-electron chi connectivity index (χ3n) is 5.51. The van der Waals surface area contributed by atoms with Gasteiger partial charge in [0, 0.05) is 38.3 Å². The van der Waals surface area contributed by atoms with Crippen molar-refractivity contribution in [3.8, 4) is 5.75 Å². The van der Waals surface area contributed by atoms with Crippen LogP contribution in [0.3, 0.4) is 0 Å². The van der Waals surface area contributed by atoms with Crippen LogP contribution in [-0.2, 0) is 4.74 Å². The highest BCUT2D eigenvalue weighted by molar-refractivity contribution is 5.94. The Morgan fingerprint density at radius 1 is 1.25 bits per heavy atom. The number of hydrogen-bond acceptors (Lipinski definition) is 5. The number of methoxy groups -OCH3 is 1. The van der Waals surface area contributed by atoms with Crippen LogP contribution < -0.4 is 4.74 Å². The lowest BCUT2D eigenvalue weighted by atomic mass is 9.83. The molecular formula is C18H25N3O3. The Hall–Kier alpha value is -1.63. The summed E-state index contributed by atoms with van der Waals surface area (Å²) in [4.78, 5) is 19.9. The number of rotatable bonds is 2. The number of hydrogen-bond donors (Lipinski definition) is 0. The van der Waals surface area contributed by atoms with Crippen LogP contribution in [0.1, 0.15) is 10.4 Å². The van der Waals surface area contributed by atoms with Gasteiger partial charge in [-0.3, -0.25) is 9.69 Å². The average Bonchev–Trinajstić information content (AvgIpc) is 2.60. The molecule has 1 amide bonds. The zero-order valence-corrected chi connectivity index (χ0v) is 14.4. The molecule has 4 rings (SSSR count). The predicted molar refractivity (Wildman–Crippen MR) is 90.4 cm³/mol. The number of likely N-dealkylation sites (tertiary alicyclic amines) is 1.